The number of hydrogen-bond acceptors (Lipinski definition) is 2. The van der Waals surface area contributed by atoms with Gasteiger partial charge in [0.1, 0.15) is 0 Å². The van der Waals surface area contributed by atoms with Crippen LogP contribution in [0.25, 0.3) is 21.8 Å². The van der Waals surface area contributed by atoms with Crippen molar-refractivity contribution in [3.63, 3.8) is 0 Å². The number of para-hydroxylation sites is 1. The second-order valence-electron chi connectivity index (χ2n) is 4.24. The summed E-state index contributed by atoms with van der Waals surface area (Å²) in [4.78, 5) is 7.91. The summed E-state index contributed by atoms with van der Waals surface area (Å²) >= 11 is 0. The molecular weight excluding hydrogens is 210 g/mol. The molecule has 0 unspecified atom stereocenters. The molecule has 0 saturated heterocycles. The predicted molar refractivity (Wildman–Crippen MR) is 71.0 cm³/mol. The Kier molecular flexibility index (Phi) is 2.53. The summed E-state index contributed by atoms with van der Waals surface area (Å²) in [6.07, 6.45) is 3.79. The molecule has 2 aromatic heterocycles. The molecular formula is C14H15N3. The van der Waals surface area contributed by atoms with Gasteiger partial charge in [-0.3, -0.25) is 4.98 Å². The van der Waals surface area contributed by atoms with Gasteiger partial charge in [0.15, 0.2) is 0 Å². The number of aromatic amines is 1. The highest BCUT2D eigenvalue weighted by Gasteiger charge is 2.07. The minimum atomic E-state index is 0.707. The smallest absolute Gasteiger partial charge is 0.0684 e. The minimum Gasteiger partial charge on any atom is -0.353 e. The average molecular weight is 225 g/mol. The quantitative estimate of drug-likeness (QED) is 0.720. The van der Waals surface area contributed by atoms with Gasteiger partial charge >= 0.3 is 0 Å². The van der Waals surface area contributed by atoms with Crippen molar-refractivity contribution in [1.82, 2.24) is 9.97 Å². The van der Waals surface area contributed by atoms with Crippen LogP contribution in [-0.4, -0.2) is 16.5 Å². The van der Waals surface area contributed by atoms with Gasteiger partial charge in [0, 0.05) is 22.5 Å². The molecule has 0 atom stereocenters. The van der Waals surface area contributed by atoms with Crippen molar-refractivity contribution < 1.29 is 0 Å². The summed E-state index contributed by atoms with van der Waals surface area (Å²) in [5.74, 6) is 0. The molecule has 0 spiro atoms. The van der Waals surface area contributed by atoms with Gasteiger partial charge in [-0.15, -0.1) is 0 Å². The summed E-state index contributed by atoms with van der Waals surface area (Å²) in [6, 6.07) is 10.4. The largest absolute Gasteiger partial charge is 0.353 e. The fourth-order valence-electron chi connectivity index (χ4n) is 2.29. The Morgan fingerprint density at radius 3 is 2.88 bits per heavy atom. The van der Waals surface area contributed by atoms with Crippen LogP contribution in [0.15, 0.2) is 36.5 Å². The SMILES string of the molecule is NCCCc1nccc2c1[nH]c1ccccc12. The molecule has 86 valence electrons. The summed E-state index contributed by atoms with van der Waals surface area (Å²) in [6.45, 7) is 0.707. The predicted octanol–water partition coefficient (Wildman–Crippen LogP) is 2.61. The molecule has 0 aliphatic heterocycles. The number of rotatable bonds is 3. The Hall–Kier alpha value is -1.87. The first-order valence-corrected chi connectivity index (χ1v) is 5.94. The van der Waals surface area contributed by atoms with E-state index in [0.717, 1.165) is 24.1 Å². The van der Waals surface area contributed by atoms with Crippen LogP contribution in [-0.2, 0) is 6.42 Å². The molecule has 0 fully saturated rings. The van der Waals surface area contributed by atoms with E-state index in [-0.39, 0.29) is 0 Å². The van der Waals surface area contributed by atoms with Gasteiger partial charge < -0.3 is 10.7 Å². The van der Waals surface area contributed by atoms with Crippen LogP contribution in [0.1, 0.15) is 12.1 Å². The van der Waals surface area contributed by atoms with Crippen LogP contribution >= 0.6 is 0 Å². The molecule has 3 aromatic rings. The lowest BCUT2D eigenvalue weighted by atomic mass is 10.1. The number of H-pyrrole nitrogens is 1. The number of hydrogen-bond donors (Lipinski definition) is 2. The molecule has 3 rings (SSSR count). The number of nitrogens with one attached hydrogen (secondary N) is 1. The fourth-order valence-corrected chi connectivity index (χ4v) is 2.29. The molecule has 0 amide bonds. The lowest BCUT2D eigenvalue weighted by Crippen LogP contribution is -2.01. The molecule has 1 aromatic carbocycles. The average Bonchev–Trinajstić information content (AvgIpc) is 2.75. The second kappa shape index (κ2) is 4.18. The van der Waals surface area contributed by atoms with E-state index >= 15 is 0 Å². The van der Waals surface area contributed by atoms with Crippen molar-refractivity contribution in [2.24, 2.45) is 5.73 Å². The van der Waals surface area contributed by atoms with Crippen LogP contribution in [0.2, 0.25) is 0 Å². The van der Waals surface area contributed by atoms with Gasteiger partial charge in [-0.2, -0.15) is 0 Å². The van der Waals surface area contributed by atoms with Gasteiger partial charge in [0.2, 0.25) is 0 Å². The number of aromatic nitrogens is 2. The van der Waals surface area contributed by atoms with Gasteiger partial charge in [0.05, 0.1) is 11.2 Å². The van der Waals surface area contributed by atoms with Crippen LogP contribution in [0, 0.1) is 0 Å². The van der Waals surface area contributed by atoms with E-state index in [2.05, 4.69) is 34.2 Å². The summed E-state index contributed by atoms with van der Waals surface area (Å²) in [7, 11) is 0. The van der Waals surface area contributed by atoms with E-state index in [1.165, 1.54) is 16.3 Å². The van der Waals surface area contributed by atoms with Crippen LogP contribution < -0.4 is 5.73 Å². The molecule has 0 aliphatic carbocycles. The van der Waals surface area contributed by atoms with Crippen LogP contribution in [0.4, 0.5) is 0 Å². The third kappa shape index (κ3) is 1.68. The van der Waals surface area contributed by atoms with Crippen LogP contribution in [0.3, 0.4) is 0 Å². The molecule has 0 saturated carbocycles. The lowest BCUT2D eigenvalue weighted by Gasteiger charge is -2.00. The van der Waals surface area contributed by atoms with E-state index in [1.807, 2.05) is 12.3 Å². The number of aryl methyl sites for hydroxylation is 1. The molecule has 0 aliphatic rings. The van der Waals surface area contributed by atoms with E-state index < -0.39 is 0 Å². The zero-order valence-electron chi connectivity index (χ0n) is 9.61. The van der Waals surface area contributed by atoms with Gasteiger partial charge in [0.25, 0.3) is 0 Å². The van der Waals surface area contributed by atoms with E-state index in [0.29, 0.717) is 6.54 Å². The van der Waals surface area contributed by atoms with Crippen molar-refractivity contribution in [2.75, 3.05) is 6.54 Å². The molecule has 0 radical (unpaired) electrons. The van der Waals surface area contributed by atoms with Crippen molar-refractivity contribution in [3.05, 3.63) is 42.2 Å². The highest BCUT2D eigenvalue weighted by Crippen LogP contribution is 2.26. The Balaban J connectivity index is 2.24. The standard InChI is InChI=1S/C14H15N3/c15-8-3-6-13-14-11(7-9-16-13)10-4-1-2-5-12(10)17-14/h1-2,4-5,7,9,17H,3,6,8,15H2. The normalized spacial score (nSPS) is 11.4. The Bertz CT molecular complexity index is 655. The molecule has 17 heavy (non-hydrogen) atoms. The van der Waals surface area contributed by atoms with Gasteiger partial charge in [-0.05, 0) is 31.5 Å². The van der Waals surface area contributed by atoms with Gasteiger partial charge in [-0.25, -0.2) is 0 Å². The molecule has 3 nitrogen and oxygen atoms in total. The summed E-state index contributed by atoms with van der Waals surface area (Å²) in [5, 5.41) is 2.52. The molecule has 0 bridgehead atoms. The van der Waals surface area contributed by atoms with Crippen molar-refractivity contribution in [2.45, 2.75) is 12.8 Å². The molecule has 3 heteroatoms. The second-order valence-corrected chi connectivity index (χ2v) is 4.24. The number of benzene rings is 1. The maximum Gasteiger partial charge on any atom is 0.0684 e. The number of pyridine rings is 1. The van der Waals surface area contributed by atoms with Crippen LogP contribution in [0.5, 0.6) is 0 Å². The summed E-state index contributed by atoms with van der Waals surface area (Å²) < 4.78 is 0. The fraction of sp³-hybridized carbons (Fsp3) is 0.214. The van der Waals surface area contributed by atoms with E-state index in [4.69, 9.17) is 5.73 Å². The number of nitrogens with two attached hydrogens (primary N) is 1. The topological polar surface area (TPSA) is 54.7 Å². The van der Waals surface area contributed by atoms with E-state index in [9.17, 15) is 0 Å². The summed E-state index contributed by atoms with van der Waals surface area (Å²) in [5.41, 5.74) is 9.00. The third-order valence-corrected chi connectivity index (χ3v) is 3.12. The van der Waals surface area contributed by atoms with Crippen molar-refractivity contribution in [1.29, 1.82) is 0 Å². The highest BCUT2D eigenvalue weighted by atomic mass is 14.8. The Labute approximate surface area is 99.7 Å². The zero-order valence-corrected chi connectivity index (χ0v) is 9.61. The molecule has 3 N–H and O–H groups in total. The zero-order chi connectivity index (χ0) is 11.7. The van der Waals surface area contributed by atoms with E-state index in [1.54, 1.807) is 0 Å². The Morgan fingerprint density at radius 1 is 1.12 bits per heavy atom. The van der Waals surface area contributed by atoms with Gasteiger partial charge in [-0.1, -0.05) is 18.2 Å². The lowest BCUT2D eigenvalue weighted by molar-refractivity contribution is 0.815. The third-order valence-electron chi connectivity index (χ3n) is 3.12. The van der Waals surface area contributed by atoms with Crippen molar-refractivity contribution in [3.8, 4) is 0 Å². The first-order valence-electron chi connectivity index (χ1n) is 5.94. The first-order chi connectivity index (χ1) is 8.40. The first kappa shape index (κ1) is 10.3. The Morgan fingerprint density at radius 2 is 2.00 bits per heavy atom. The monoisotopic (exact) mass is 225 g/mol. The van der Waals surface area contributed by atoms with Crippen molar-refractivity contribution >= 4 is 21.8 Å². The number of nitrogens with zero attached hydrogens (tertiary/aromatic N) is 1. The maximum absolute atomic E-state index is 5.56. The minimum absolute atomic E-state index is 0.707. The maximum atomic E-state index is 5.56. The number of fused-ring (bicyclic) bond motifs is 3. The molecule has 2 heterocycles. The highest BCUT2D eigenvalue weighted by molar-refractivity contribution is 6.07.